The van der Waals surface area contributed by atoms with Gasteiger partial charge in [-0.15, -0.1) is 0 Å². The van der Waals surface area contributed by atoms with Gasteiger partial charge in [-0.1, -0.05) is 36.4 Å². The maximum Gasteiger partial charge on any atom is 0.160 e. The van der Waals surface area contributed by atoms with Crippen molar-refractivity contribution in [2.24, 2.45) is 0 Å². The van der Waals surface area contributed by atoms with Gasteiger partial charge in [0.05, 0.1) is 23.7 Å². The minimum absolute atomic E-state index is 0.206. The molecule has 5 rings (SSSR count). The van der Waals surface area contributed by atoms with Crippen LogP contribution < -0.4 is 0 Å². The summed E-state index contributed by atoms with van der Waals surface area (Å²) in [5.74, 6) is 0. The maximum absolute atomic E-state index is 9.92. The van der Waals surface area contributed by atoms with Gasteiger partial charge in [0.15, 0.2) is 6.29 Å². The van der Waals surface area contributed by atoms with E-state index in [1.807, 2.05) is 6.07 Å². The highest BCUT2D eigenvalue weighted by Gasteiger charge is 2.36. The summed E-state index contributed by atoms with van der Waals surface area (Å²) in [5, 5.41) is 32.7. The highest BCUT2D eigenvalue weighted by Crippen LogP contribution is 2.34. The largest absolute Gasteiger partial charge is 0.394 e. The zero-order valence-corrected chi connectivity index (χ0v) is 19.4. The minimum atomic E-state index is -1.08. The molecular formula is C27H32N2O5. The number of unbranched alkanes of at least 4 members (excludes halogenated alkanes) is 2. The molecule has 0 unspecified atom stereocenters. The number of pyridine rings is 1. The standard InChI is InChI=1S/C27H32N2O5/c1-17-18-9-3-5-11-20(18)28-27-25(17)19-10-4-6-12-21(19)29(27)13-7-2-8-14-33-24-15-22(31)26(32)23(16-30)34-24/h3-6,9-12,22-24,26,30-32H,2,7-8,13-16H2,1H3/t22-,23-,24+,26+/m1/s1. The number of fused-ring (bicyclic) bond motifs is 4. The van der Waals surface area contributed by atoms with E-state index in [9.17, 15) is 15.3 Å². The van der Waals surface area contributed by atoms with Crippen molar-refractivity contribution in [3.05, 3.63) is 54.1 Å². The van der Waals surface area contributed by atoms with Crippen LogP contribution in [0, 0.1) is 6.92 Å². The normalized spacial score (nSPS) is 23.3. The second-order valence-corrected chi connectivity index (χ2v) is 9.13. The van der Waals surface area contributed by atoms with Crippen LogP contribution in [0.4, 0.5) is 0 Å². The van der Waals surface area contributed by atoms with Crippen molar-refractivity contribution in [1.29, 1.82) is 0 Å². The van der Waals surface area contributed by atoms with Crippen molar-refractivity contribution in [3.8, 4) is 0 Å². The maximum atomic E-state index is 9.92. The summed E-state index contributed by atoms with van der Waals surface area (Å²) in [6.07, 6.45) is -0.418. The molecule has 1 fully saturated rings. The van der Waals surface area contributed by atoms with Crippen molar-refractivity contribution < 1.29 is 24.8 Å². The molecule has 1 saturated heterocycles. The molecule has 2 aromatic carbocycles. The first kappa shape index (κ1) is 23.2. The Balaban J connectivity index is 1.25. The average molecular weight is 465 g/mol. The van der Waals surface area contributed by atoms with Gasteiger partial charge >= 0.3 is 0 Å². The van der Waals surface area contributed by atoms with Gasteiger partial charge in [-0.2, -0.15) is 0 Å². The van der Waals surface area contributed by atoms with E-state index in [4.69, 9.17) is 14.5 Å². The summed E-state index contributed by atoms with van der Waals surface area (Å²) in [7, 11) is 0. The Morgan fingerprint density at radius 3 is 2.62 bits per heavy atom. The summed E-state index contributed by atoms with van der Waals surface area (Å²) in [4.78, 5) is 5.04. The molecule has 4 atom stereocenters. The monoisotopic (exact) mass is 464 g/mol. The van der Waals surface area contributed by atoms with Gasteiger partial charge in [0.25, 0.3) is 0 Å². The molecule has 0 spiro atoms. The van der Waals surface area contributed by atoms with Crippen molar-refractivity contribution in [2.75, 3.05) is 13.2 Å². The van der Waals surface area contributed by atoms with Gasteiger partial charge in [0.2, 0.25) is 0 Å². The van der Waals surface area contributed by atoms with E-state index in [0.717, 1.165) is 37.0 Å². The van der Waals surface area contributed by atoms with Crippen LogP contribution in [0.2, 0.25) is 0 Å². The Labute approximate surface area is 198 Å². The van der Waals surface area contributed by atoms with E-state index >= 15 is 0 Å². The number of aliphatic hydroxyl groups is 3. The number of para-hydroxylation sites is 2. The molecule has 1 aliphatic rings. The molecule has 7 heteroatoms. The van der Waals surface area contributed by atoms with Crippen molar-refractivity contribution in [1.82, 2.24) is 9.55 Å². The molecule has 34 heavy (non-hydrogen) atoms. The topological polar surface area (TPSA) is 97.0 Å². The van der Waals surface area contributed by atoms with Crippen LogP contribution in [-0.4, -0.2) is 62.7 Å². The summed E-state index contributed by atoms with van der Waals surface area (Å²) in [6.45, 7) is 3.21. The number of benzene rings is 2. The van der Waals surface area contributed by atoms with Gasteiger partial charge < -0.3 is 29.4 Å². The highest BCUT2D eigenvalue weighted by molar-refractivity contribution is 6.12. The molecule has 0 saturated carbocycles. The van der Waals surface area contributed by atoms with E-state index in [0.29, 0.717) is 6.61 Å². The second-order valence-electron chi connectivity index (χ2n) is 9.13. The summed E-state index contributed by atoms with van der Waals surface area (Å²) >= 11 is 0. The number of rotatable bonds is 8. The zero-order valence-electron chi connectivity index (χ0n) is 19.4. The van der Waals surface area contributed by atoms with Crippen molar-refractivity contribution >= 4 is 32.8 Å². The predicted molar refractivity (Wildman–Crippen MR) is 132 cm³/mol. The number of aliphatic hydroxyl groups excluding tert-OH is 3. The van der Waals surface area contributed by atoms with Gasteiger partial charge in [0, 0.05) is 35.7 Å². The Morgan fingerprint density at radius 2 is 1.79 bits per heavy atom. The van der Waals surface area contributed by atoms with E-state index in [1.54, 1.807) is 0 Å². The van der Waals surface area contributed by atoms with E-state index in [2.05, 4.69) is 54.0 Å². The van der Waals surface area contributed by atoms with E-state index < -0.39 is 24.6 Å². The van der Waals surface area contributed by atoms with Crippen molar-refractivity contribution in [2.45, 2.75) is 63.8 Å². The highest BCUT2D eigenvalue weighted by atomic mass is 16.7. The Bertz CT molecular complexity index is 1290. The second kappa shape index (κ2) is 9.98. The smallest absolute Gasteiger partial charge is 0.160 e. The molecule has 4 aromatic rings. The molecule has 1 aliphatic heterocycles. The van der Waals surface area contributed by atoms with Gasteiger partial charge in [-0.05, 0) is 43.9 Å². The van der Waals surface area contributed by atoms with Crippen LogP contribution in [-0.2, 0) is 16.0 Å². The van der Waals surface area contributed by atoms with Crippen LogP contribution >= 0.6 is 0 Å². The first-order chi connectivity index (χ1) is 16.6. The molecule has 0 bridgehead atoms. The van der Waals surface area contributed by atoms with Crippen LogP contribution in [0.5, 0.6) is 0 Å². The summed E-state index contributed by atoms with van der Waals surface area (Å²) in [5.41, 5.74) is 4.53. The molecule has 7 nitrogen and oxygen atoms in total. The van der Waals surface area contributed by atoms with Gasteiger partial charge in [0.1, 0.15) is 17.9 Å². The van der Waals surface area contributed by atoms with Crippen LogP contribution in [0.3, 0.4) is 0 Å². The number of ether oxygens (including phenoxy) is 2. The van der Waals surface area contributed by atoms with Gasteiger partial charge in [-0.25, -0.2) is 4.98 Å². The first-order valence-electron chi connectivity index (χ1n) is 12.1. The van der Waals surface area contributed by atoms with E-state index in [1.165, 1.54) is 27.2 Å². The number of hydrogen-bond donors (Lipinski definition) is 3. The van der Waals surface area contributed by atoms with E-state index in [-0.39, 0.29) is 13.0 Å². The molecule has 3 heterocycles. The molecule has 0 amide bonds. The minimum Gasteiger partial charge on any atom is -0.394 e. The van der Waals surface area contributed by atoms with Crippen LogP contribution in [0.15, 0.2) is 48.5 Å². The fourth-order valence-corrected chi connectivity index (χ4v) is 5.08. The Kier molecular flexibility index (Phi) is 6.81. The SMILES string of the molecule is Cc1c2ccccc2nc2c1c1ccccc1n2CCCCCO[C@@H]1C[C@@H](O)[C@H](O)[C@@H](CO)O1. The summed E-state index contributed by atoms with van der Waals surface area (Å²) < 4.78 is 13.6. The molecular weight excluding hydrogens is 432 g/mol. The Hall–Kier alpha value is -2.55. The quantitative estimate of drug-likeness (QED) is 0.344. The first-order valence-corrected chi connectivity index (χ1v) is 12.1. The lowest BCUT2D eigenvalue weighted by Crippen LogP contribution is -2.50. The lowest BCUT2D eigenvalue weighted by molar-refractivity contribution is -0.256. The Morgan fingerprint density at radius 1 is 1.03 bits per heavy atom. The zero-order chi connectivity index (χ0) is 23.7. The van der Waals surface area contributed by atoms with Crippen LogP contribution in [0.25, 0.3) is 32.8 Å². The summed E-state index contributed by atoms with van der Waals surface area (Å²) in [6, 6.07) is 16.8. The number of nitrogens with zero attached hydrogens (tertiary/aromatic N) is 2. The van der Waals surface area contributed by atoms with Crippen molar-refractivity contribution in [3.63, 3.8) is 0 Å². The van der Waals surface area contributed by atoms with Gasteiger partial charge in [-0.3, -0.25) is 0 Å². The third kappa shape index (κ3) is 4.30. The number of hydrogen-bond acceptors (Lipinski definition) is 6. The lowest BCUT2D eigenvalue weighted by Gasteiger charge is -2.36. The molecule has 0 radical (unpaired) electrons. The number of aromatic nitrogens is 2. The molecule has 3 N–H and O–H groups in total. The lowest BCUT2D eigenvalue weighted by atomic mass is 10.0. The predicted octanol–water partition coefficient (Wildman–Crippen LogP) is 3.67. The third-order valence-corrected chi connectivity index (χ3v) is 6.90. The third-order valence-electron chi connectivity index (χ3n) is 6.90. The fourth-order valence-electron chi connectivity index (χ4n) is 5.08. The van der Waals surface area contributed by atoms with Crippen LogP contribution in [0.1, 0.15) is 31.2 Å². The molecule has 2 aromatic heterocycles. The number of aryl methyl sites for hydroxylation is 2. The average Bonchev–Trinajstić information content (AvgIpc) is 3.17. The fraction of sp³-hybridized carbons (Fsp3) is 0.444. The molecule has 0 aliphatic carbocycles. The molecule has 180 valence electrons.